The summed E-state index contributed by atoms with van der Waals surface area (Å²) in [6, 6.07) is 0. The van der Waals surface area contributed by atoms with Gasteiger partial charge in [0, 0.05) is 30.3 Å². The van der Waals surface area contributed by atoms with E-state index in [1.54, 1.807) is 0 Å². The maximum atomic E-state index is 11.8. The number of nitrogens with one attached hydrogen (secondary N) is 1. The molecule has 0 amide bonds. The lowest BCUT2D eigenvalue weighted by Gasteiger charge is -2.29. The van der Waals surface area contributed by atoms with Gasteiger partial charge in [0.2, 0.25) is 9.05 Å². The van der Waals surface area contributed by atoms with Gasteiger partial charge in [-0.15, -0.1) is 0 Å². The van der Waals surface area contributed by atoms with E-state index >= 15 is 0 Å². The van der Waals surface area contributed by atoms with Crippen LogP contribution in [0.2, 0.25) is 0 Å². The van der Waals surface area contributed by atoms with E-state index in [0.717, 1.165) is 12.8 Å². The Bertz CT molecular complexity index is 440. The van der Waals surface area contributed by atoms with Gasteiger partial charge < -0.3 is 0 Å². The van der Waals surface area contributed by atoms with Crippen LogP contribution in [-0.2, 0) is 19.3 Å². The molecule has 0 aromatic heterocycles. The Morgan fingerprint density at radius 3 is 2.24 bits per heavy atom. The fraction of sp³-hybridized carbons (Fsp3) is 1.00. The molecule has 0 bridgehead atoms. The minimum Gasteiger partial charge on any atom is -0.212 e. The van der Waals surface area contributed by atoms with Crippen molar-refractivity contribution in [2.45, 2.75) is 19.8 Å². The quantitative estimate of drug-likeness (QED) is 0.731. The van der Waals surface area contributed by atoms with E-state index in [4.69, 9.17) is 10.7 Å². The first kappa shape index (κ1) is 15.2. The molecule has 6 nitrogen and oxygen atoms in total. The number of rotatable bonds is 5. The van der Waals surface area contributed by atoms with Crippen LogP contribution >= 0.6 is 10.7 Å². The predicted octanol–water partition coefficient (Wildman–Crippen LogP) is 0.121. The number of hydrogen-bond acceptors (Lipinski definition) is 4. The smallest absolute Gasteiger partial charge is 0.212 e. The lowest BCUT2D eigenvalue weighted by molar-refractivity contribution is 0.285. The van der Waals surface area contributed by atoms with Crippen molar-refractivity contribution in [2.75, 3.05) is 25.4 Å². The number of nitrogens with zero attached hydrogens (tertiary/aromatic N) is 1. The van der Waals surface area contributed by atoms with Gasteiger partial charge in [-0.1, -0.05) is 6.92 Å². The van der Waals surface area contributed by atoms with Crippen molar-refractivity contribution in [3.8, 4) is 0 Å². The second-order valence-corrected chi connectivity index (χ2v) is 8.88. The van der Waals surface area contributed by atoms with E-state index in [1.807, 2.05) is 0 Å². The van der Waals surface area contributed by atoms with E-state index in [9.17, 15) is 16.8 Å². The molecule has 17 heavy (non-hydrogen) atoms. The topological polar surface area (TPSA) is 83.6 Å². The van der Waals surface area contributed by atoms with Gasteiger partial charge >= 0.3 is 0 Å². The van der Waals surface area contributed by atoms with Gasteiger partial charge in [-0.05, 0) is 18.8 Å². The molecule has 1 heterocycles. The highest BCUT2D eigenvalue weighted by atomic mass is 35.7. The summed E-state index contributed by atoms with van der Waals surface area (Å²) in [6.45, 7) is 2.84. The van der Waals surface area contributed by atoms with Gasteiger partial charge in [-0.25, -0.2) is 13.1 Å². The third-order valence-corrected chi connectivity index (χ3v) is 5.48. The van der Waals surface area contributed by atoms with Gasteiger partial charge in [0.05, 0.1) is 5.75 Å². The first-order valence-corrected chi connectivity index (χ1v) is 9.29. The highest BCUT2D eigenvalue weighted by Crippen LogP contribution is 2.17. The Labute approximate surface area is 107 Å². The molecule has 0 unspecified atom stereocenters. The standard InChI is InChI=1S/C8H17ClN2O4S2/c1-8-2-5-11(6-3-8)17(14,15)10-4-7-16(9,12)13/h8,10H,2-7H2,1H3. The van der Waals surface area contributed by atoms with Crippen molar-refractivity contribution >= 4 is 29.9 Å². The van der Waals surface area contributed by atoms with E-state index in [0.29, 0.717) is 19.0 Å². The number of piperidine rings is 1. The summed E-state index contributed by atoms with van der Waals surface area (Å²) >= 11 is 0. The average Bonchev–Trinajstić information content (AvgIpc) is 2.15. The maximum Gasteiger partial charge on any atom is 0.279 e. The summed E-state index contributed by atoms with van der Waals surface area (Å²) in [5.41, 5.74) is 0. The normalized spacial score (nSPS) is 20.6. The maximum absolute atomic E-state index is 11.8. The van der Waals surface area contributed by atoms with Crippen molar-refractivity contribution < 1.29 is 16.8 Å². The zero-order chi connectivity index (χ0) is 13.1. The fourth-order valence-electron chi connectivity index (χ4n) is 1.61. The number of hydrogen-bond donors (Lipinski definition) is 1. The zero-order valence-corrected chi connectivity index (χ0v) is 12.0. The van der Waals surface area contributed by atoms with Crippen LogP contribution in [0.5, 0.6) is 0 Å². The van der Waals surface area contributed by atoms with E-state index in [1.165, 1.54) is 4.31 Å². The van der Waals surface area contributed by atoms with E-state index < -0.39 is 25.0 Å². The van der Waals surface area contributed by atoms with Crippen LogP contribution < -0.4 is 4.72 Å². The average molecular weight is 305 g/mol. The molecule has 1 saturated heterocycles. The first-order valence-electron chi connectivity index (χ1n) is 5.38. The SMILES string of the molecule is CC1CCN(S(=O)(=O)NCCS(=O)(=O)Cl)CC1. The van der Waals surface area contributed by atoms with Gasteiger partial charge in [0.15, 0.2) is 0 Å². The largest absolute Gasteiger partial charge is 0.279 e. The molecule has 0 aliphatic carbocycles. The van der Waals surface area contributed by atoms with Crippen LogP contribution in [0.3, 0.4) is 0 Å². The van der Waals surface area contributed by atoms with Gasteiger partial charge in [-0.2, -0.15) is 12.7 Å². The summed E-state index contributed by atoms with van der Waals surface area (Å²) in [7, 11) is -2.24. The third-order valence-electron chi connectivity index (χ3n) is 2.71. The lowest BCUT2D eigenvalue weighted by Crippen LogP contribution is -2.45. The Balaban J connectivity index is 2.46. The molecule has 1 fully saturated rings. The molecule has 1 rings (SSSR count). The van der Waals surface area contributed by atoms with Crippen molar-refractivity contribution in [1.82, 2.24) is 9.03 Å². The molecule has 0 spiro atoms. The van der Waals surface area contributed by atoms with Crippen LogP contribution in [0.1, 0.15) is 19.8 Å². The molecule has 0 aromatic rings. The molecular weight excluding hydrogens is 288 g/mol. The first-order chi connectivity index (χ1) is 7.71. The molecule has 1 aliphatic heterocycles. The highest BCUT2D eigenvalue weighted by molar-refractivity contribution is 8.13. The number of halogens is 1. The predicted molar refractivity (Wildman–Crippen MR) is 66.5 cm³/mol. The summed E-state index contributed by atoms with van der Waals surface area (Å²) in [5, 5.41) is 0. The molecule has 0 atom stereocenters. The van der Waals surface area contributed by atoms with Crippen molar-refractivity contribution in [1.29, 1.82) is 0 Å². The van der Waals surface area contributed by atoms with Crippen LogP contribution in [0, 0.1) is 5.92 Å². The summed E-state index contributed by atoms with van der Waals surface area (Å²) < 4.78 is 48.4. The molecular formula is C8H17ClN2O4S2. The highest BCUT2D eigenvalue weighted by Gasteiger charge is 2.26. The monoisotopic (exact) mass is 304 g/mol. The second kappa shape index (κ2) is 5.83. The fourth-order valence-corrected chi connectivity index (χ4v) is 3.55. The van der Waals surface area contributed by atoms with Crippen molar-refractivity contribution in [3.63, 3.8) is 0 Å². The Hall–Kier alpha value is 0.110. The zero-order valence-electron chi connectivity index (χ0n) is 9.59. The Kier molecular flexibility index (Phi) is 5.21. The van der Waals surface area contributed by atoms with Crippen molar-refractivity contribution in [3.05, 3.63) is 0 Å². The molecule has 0 radical (unpaired) electrons. The lowest BCUT2D eigenvalue weighted by atomic mass is 10.0. The van der Waals surface area contributed by atoms with Gasteiger partial charge in [0.25, 0.3) is 10.2 Å². The molecule has 0 saturated carbocycles. The summed E-state index contributed by atoms with van der Waals surface area (Å²) in [4.78, 5) is 0. The molecule has 102 valence electrons. The van der Waals surface area contributed by atoms with Crippen LogP contribution in [0.15, 0.2) is 0 Å². The Morgan fingerprint density at radius 2 is 1.76 bits per heavy atom. The molecule has 1 N–H and O–H groups in total. The summed E-state index contributed by atoms with van der Waals surface area (Å²) in [6.07, 6.45) is 1.66. The van der Waals surface area contributed by atoms with E-state index in [-0.39, 0.29) is 6.54 Å². The van der Waals surface area contributed by atoms with Crippen molar-refractivity contribution in [2.24, 2.45) is 5.92 Å². The van der Waals surface area contributed by atoms with Crippen LogP contribution in [0.4, 0.5) is 0 Å². The van der Waals surface area contributed by atoms with Crippen LogP contribution in [0.25, 0.3) is 0 Å². The summed E-state index contributed by atoms with van der Waals surface area (Å²) in [5.74, 6) is 0.127. The third kappa shape index (κ3) is 5.52. The minimum atomic E-state index is -3.66. The van der Waals surface area contributed by atoms with Gasteiger partial charge in [-0.3, -0.25) is 0 Å². The molecule has 0 aromatic carbocycles. The molecule has 9 heteroatoms. The van der Waals surface area contributed by atoms with E-state index in [2.05, 4.69) is 11.6 Å². The van der Waals surface area contributed by atoms with Crippen LogP contribution in [-0.4, -0.2) is 46.5 Å². The van der Waals surface area contributed by atoms with Gasteiger partial charge in [0.1, 0.15) is 0 Å². The molecule has 1 aliphatic rings. The second-order valence-electron chi connectivity index (χ2n) is 4.22. The minimum absolute atomic E-state index is 0.194. The Morgan fingerprint density at radius 1 is 1.24 bits per heavy atom.